The maximum atomic E-state index is 12.0. The molecule has 4 amide bonds. The molecule has 0 spiro atoms. The van der Waals surface area contributed by atoms with Crippen molar-refractivity contribution in [3.63, 3.8) is 0 Å². The van der Waals surface area contributed by atoms with Crippen LogP contribution in [0.3, 0.4) is 0 Å². The van der Waals surface area contributed by atoms with Crippen molar-refractivity contribution in [2.45, 2.75) is 25.4 Å². The van der Waals surface area contributed by atoms with Gasteiger partial charge in [-0.05, 0) is 12.5 Å². The minimum atomic E-state index is -1.20. The van der Waals surface area contributed by atoms with Crippen LogP contribution in [0.1, 0.15) is 25.5 Å². The SMILES string of the molecule is CC(=O)NC(c1ccccc1)C1(C)NC(=O)NC1=O. The number of imide groups is 1. The first kappa shape index (κ1) is 13.1. The van der Waals surface area contributed by atoms with Crippen molar-refractivity contribution >= 4 is 17.8 Å². The van der Waals surface area contributed by atoms with Crippen molar-refractivity contribution in [1.82, 2.24) is 16.0 Å². The van der Waals surface area contributed by atoms with Crippen LogP contribution in [0.5, 0.6) is 0 Å². The zero-order valence-corrected chi connectivity index (χ0v) is 10.7. The number of rotatable bonds is 3. The summed E-state index contributed by atoms with van der Waals surface area (Å²) in [5, 5.41) is 7.48. The van der Waals surface area contributed by atoms with Crippen molar-refractivity contribution in [1.29, 1.82) is 0 Å². The highest BCUT2D eigenvalue weighted by atomic mass is 16.2. The van der Waals surface area contributed by atoms with Crippen LogP contribution in [0.15, 0.2) is 30.3 Å². The second-order valence-corrected chi connectivity index (χ2v) is 4.65. The Hall–Kier alpha value is -2.37. The molecular weight excluding hydrogens is 246 g/mol. The summed E-state index contributed by atoms with van der Waals surface area (Å²) in [5.41, 5.74) is -0.457. The van der Waals surface area contributed by atoms with Gasteiger partial charge in [0.2, 0.25) is 5.91 Å². The molecule has 0 bridgehead atoms. The van der Waals surface area contributed by atoms with E-state index in [4.69, 9.17) is 0 Å². The van der Waals surface area contributed by atoms with Gasteiger partial charge in [-0.3, -0.25) is 14.9 Å². The van der Waals surface area contributed by atoms with Gasteiger partial charge >= 0.3 is 6.03 Å². The maximum Gasteiger partial charge on any atom is 0.322 e. The third kappa shape index (κ3) is 2.42. The first-order valence-electron chi connectivity index (χ1n) is 5.89. The molecule has 1 saturated heterocycles. The Balaban J connectivity index is 2.41. The molecule has 1 aliphatic heterocycles. The lowest BCUT2D eigenvalue weighted by Crippen LogP contribution is -2.54. The molecule has 0 aromatic heterocycles. The normalized spacial score (nSPS) is 23.5. The lowest BCUT2D eigenvalue weighted by atomic mass is 9.87. The number of carbonyl (C=O) groups excluding carboxylic acids is 3. The van der Waals surface area contributed by atoms with E-state index in [1.54, 1.807) is 19.1 Å². The predicted molar refractivity (Wildman–Crippen MR) is 68.1 cm³/mol. The average Bonchev–Trinajstić information content (AvgIpc) is 2.61. The van der Waals surface area contributed by atoms with Crippen LogP contribution < -0.4 is 16.0 Å². The highest BCUT2D eigenvalue weighted by Gasteiger charge is 2.49. The number of nitrogens with one attached hydrogen (secondary N) is 3. The fourth-order valence-electron chi connectivity index (χ4n) is 2.17. The third-order valence-electron chi connectivity index (χ3n) is 3.13. The summed E-state index contributed by atoms with van der Waals surface area (Å²) >= 11 is 0. The highest BCUT2D eigenvalue weighted by Crippen LogP contribution is 2.28. The molecule has 2 unspecified atom stereocenters. The van der Waals surface area contributed by atoms with Gasteiger partial charge in [-0.2, -0.15) is 0 Å². The molecule has 19 heavy (non-hydrogen) atoms. The Morgan fingerprint density at radius 2 is 1.89 bits per heavy atom. The molecule has 1 aromatic carbocycles. The monoisotopic (exact) mass is 261 g/mol. The van der Waals surface area contributed by atoms with E-state index >= 15 is 0 Å². The summed E-state index contributed by atoms with van der Waals surface area (Å²) in [6.45, 7) is 2.95. The molecule has 1 fully saturated rings. The molecule has 3 N–H and O–H groups in total. The van der Waals surface area contributed by atoms with Crippen LogP contribution in [0, 0.1) is 0 Å². The number of urea groups is 1. The number of amides is 4. The average molecular weight is 261 g/mol. The van der Waals surface area contributed by atoms with Crippen LogP contribution >= 0.6 is 0 Å². The summed E-state index contributed by atoms with van der Waals surface area (Å²) < 4.78 is 0. The number of carbonyl (C=O) groups is 3. The predicted octanol–water partition coefficient (Wildman–Crippen LogP) is 0.462. The molecule has 2 rings (SSSR count). The van der Waals surface area contributed by atoms with E-state index in [1.807, 2.05) is 18.2 Å². The Kier molecular flexibility index (Phi) is 3.25. The fourth-order valence-corrected chi connectivity index (χ4v) is 2.17. The largest absolute Gasteiger partial charge is 0.347 e. The van der Waals surface area contributed by atoms with E-state index in [0.29, 0.717) is 0 Å². The maximum absolute atomic E-state index is 12.0. The quantitative estimate of drug-likeness (QED) is 0.691. The standard InChI is InChI=1S/C13H15N3O3/c1-8(17)14-10(9-6-4-3-5-7-9)13(2)11(18)15-12(19)16-13/h3-7,10H,1-2H3,(H,14,17)(H2,15,16,18,19). The van der Waals surface area contributed by atoms with Gasteiger partial charge in [-0.25, -0.2) is 4.79 Å². The molecule has 6 nitrogen and oxygen atoms in total. The zero-order chi connectivity index (χ0) is 14.0. The van der Waals surface area contributed by atoms with Crippen LogP contribution in [-0.2, 0) is 9.59 Å². The van der Waals surface area contributed by atoms with Gasteiger partial charge in [0.15, 0.2) is 0 Å². The van der Waals surface area contributed by atoms with Crippen molar-refractivity contribution in [3.05, 3.63) is 35.9 Å². The first-order chi connectivity index (χ1) is 8.93. The summed E-state index contributed by atoms with van der Waals surface area (Å²) in [6, 6.07) is 7.86. The fraction of sp³-hybridized carbons (Fsp3) is 0.308. The third-order valence-corrected chi connectivity index (χ3v) is 3.13. The van der Waals surface area contributed by atoms with Gasteiger partial charge in [0.25, 0.3) is 5.91 Å². The van der Waals surface area contributed by atoms with E-state index in [0.717, 1.165) is 5.56 Å². The second-order valence-electron chi connectivity index (χ2n) is 4.65. The molecule has 6 heteroatoms. The lowest BCUT2D eigenvalue weighted by Gasteiger charge is -2.32. The second kappa shape index (κ2) is 4.72. The zero-order valence-electron chi connectivity index (χ0n) is 10.7. The van der Waals surface area contributed by atoms with Gasteiger partial charge in [-0.15, -0.1) is 0 Å². The van der Waals surface area contributed by atoms with E-state index in [-0.39, 0.29) is 5.91 Å². The Labute approximate surface area is 110 Å². The number of benzene rings is 1. The van der Waals surface area contributed by atoms with Crippen molar-refractivity contribution in [2.24, 2.45) is 0 Å². The summed E-state index contributed by atoms with van der Waals surface area (Å²) in [6.07, 6.45) is 0. The topological polar surface area (TPSA) is 87.3 Å². The number of hydrogen-bond acceptors (Lipinski definition) is 3. The molecule has 1 aliphatic rings. The van der Waals surface area contributed by atoms with Gasteiger partial charge < -0.3 is 10.6 Å². The minimum Gasteiger partial charge on any atom is -0.347 e. The van der Waals surface area contributed by atoms with Crippen LogP contribution in [0.4, 0.5) is 4.79 Å². The molecule has 100 valence electrons. The highest BCUT2D eigenvalue weighted by molar-refractivity contribution is 6.07. The number of hydrogen-bond donors (Lipinski definition) is 3. The first-order valence-corrected chi connectivity index (χ1v) is 5.89. The van der Waals surface area contributed by atoms with Gasteiger partial charge in [0, 0.05) is 6.92 Å². The minimum absolute atomic E-state index is 0.274. The Morgan fingerprint density at radius 3 is 2.37 bits per heavy atom. The molecular formula is C13H15N3O3. The van der Waals surface area contributed by atoms with Crippen LogP contribution in [0.2, 0.25) is 0 Å². The molecule has 1 heterocycles. The summed E-state index contributed by atoms with van der Waals surface area (Å²) in [7, 11) is 0. The van der Waals surface area contributed by atoms with Crippen LogP contribution in [-0.4, -0.2) is 23.4 Å². The molecule has 0 aliphatic carbocycles. The Bertz CT molecular complexity index is 529. The van der Waals surface area contributed by atoms with Gasteiger partial charge in [0.05, 0.1) is 6.04 Å². The Morgan fingerprint density at radius 1 is 1.26 bits per heavy atom. The lowest BCUT2D eigenvalue weighted by molar-refractivity contribution is -0.126. The van der Waals surface area contributed by atoms with E-state index in [2.05, 4.69) is 16.0 Å². The van der Waals surface area contributed by atoms with E-state index in [9.17, 15) is 14.4 Å². The molecule has 0 radical (unpaired) electrons. The van der Waals surface area contributed by atoms with Crippen LogP contribution in [0.25, 0.3) is 0 Å². The van der Waals surface area contributed by atoms with Crippen molar-refractivity contribution in [2.75, 3.05) is 0 Å². The summed E-state index contributed by atoms with van der Waals surface area (Å²) in [5.74, 6) is -0.732. The molecule has 1 aromatic rings. The van der Waals surface area contributed by atoms with Gasteiger partial charge in [0.1, 0.15) is 5.54 Å². The van der Waals surface area contributed by atoms with E-state index < -0.39 is 23.5 Å². The molecule has 2 atom stereocenters. The van der Waals surface area contributed by atoms with Gasteiger partial charge in [-0.1, -0.05) is 30.3 Å². The van der Waals surface area contributed by atoms with Crippen molar-refractivity contribution in [3.8, 4) is 0 Å². The summed E-state index contributed by atoms with van der Waals surface area (Å²) in [4.78, 5) is 34.7. The smallest absolute Gasteiger partial charge is 0.322 e. The molecule has 0 saturated carbocycles. The van der Waals surface area contributed by atoms with E-state index in [1.165, 1.54) is 6.92 Å². The van der Waals surface area contributed by atoms with Crippen molar-refractivity contribution < 1.29 is 14.4 Å².